The molecule has 0 N–H and O–H groups in total. The number of hydrogen-bond acceptors (Lipinski definition) is 2. The molecule has 0 unspecified atom stereocenters. The molecule has 0 aliphatic carbocycles. The lowest BCUT2D eigenvalue weighted by atomic mass is 10.2. The van der Waals surface area contributed by atoms with Gasteiger partial charge in [0.25, 0.3) is 10.0 Å². The Hall–Kier alpha value is -1.23. The van der Waals surface area contributed by atoms with Gasteiger partial charge in [0.05, 0.1) is 10.6 Å². The van der Waals surface area contributed by atoms with Crippen LogP contribution in [0.2, 0.25) is 10.0 Å². The third-order valence-electron chi connectivity index (χ3n) is 3.27. The fourth-order valence-corrected chi connectivity index (χ4v) is 3.87. The Bertz CT molecular complexity index is 788. The highest BCUT2D eigenvalue weighted by Crippen LogP contribution is 2.29. The van der Waals surface area contributed by atoms with E-state index in [9.17, 15) is 8.42 Å². The van der Waals surface area contributed by atoms with Crippen molar-refractivity contribution >= 4 is 38.9 Å². The van der Waals surface area contributed by atoms with Crippen molar-refractivity contribution in [3.05, 3.63) is 57.6 Å². The Kier molecular flexibility index (Phi) is 4.51. The number of sulfonamides is 1. The maximum Gasteiger partial charge on any atom is 0.264 e. The van der Waals surface area contributed by atoms with Crippen molar-refractivity contribution in [2.75, 3.05) is 11.4 Å². The molecule has 2 rings (SSSR count). The number of nitrogens with zero attached hydrogens (tertiary/aromatic N) is 1. The van der Waals surface area contributed by atoms with Crippen molar-refractivity contribution < 1.29 is 8.42 Å². The average molecular weight is 344 g/mol. The van der Waals surface area contributed by atoms with Crippen LogP contribution in [0, 0.1) is 13.8 Å². The van der Waals surface area contributed by atoms with Crippen LogP contribution >= 0.6 is 23.2 Å². The summed E-state index contributed by atoms with van der Waals surface area (Å²) < 4.78 is 26.8. The monoisotopic (exact) mass is 343 g/mol. The molecule has 0 fully saturated rings. The smallest absolute Gasteiger partial charge is 0.264 e. The predicted octanol–water partition coefficient (Wildman–Crippen LogP) is 4.44. The predicted molar refractivity (Wildman–Crippen MR) is 88.0 cm³/mol. The van der Waals surface area contributed by atoms with E-state index in [1.165, 1.54) is 11.4 Å². The van der Waals surface area contributed by atoms with Gasteiger partial charge < -0.3 is 0 Å². The number of aryl methyl sites for hydroxylation is 2. The van der Waals surface area contributed by atoms with Gasteiger partial charge in [-0.2, -0.15) is 0 Å². The Balaban J connectivity index is 2.54. The summed E-state index contributed by atoms with van der Waals surface area (Å²) in [5.74, 6) is 0. The molecule has 0 spiro atoms. The number of rotatable bonds is 3. The van der Waals surface area contributed by atoms with Gasteiger partial charge in [-0.3, -0.25) is 4.31 Å². The van der Waals surface area contributed by atoms with E-state index in [1.54, 1.807) is 50.2 Å². The summed E-state index contributed by atoms with van der Waals surface area (Å²) in [6, 6.07) is 9.97. The first-order valence-electron chi connectivity index (χ1n) is 6.24. The van der Waals surface area contributed by atoms with E-state index < -0.39 is 10.0 Å². The van der Waals surface area contributed by atoms with Crippen molar-refractivity contribution in [2.45, 2.75) is 18.7 Å². The molecule has 0 heterocycles. The molecular formula is C15H15Cl2NO2S. The minimum absolute atomic E-state index is 0.242. The Morgan fingerprint density at radius 1 is 1.00 bits per heavy atom. The molecule has 0 bridgehead atoms. The second kappa shape index (κ2) is 5.87. The lowest BCUT2D eigenvalue weighted by Crippen LogP contribution is -2.27. The Morgan fingerprint density at radius 3 is 2.29 bits per heavy atom. The van der Waals surface area contributed by atoms with E-state index in [-0.39, 0.29) is 4.90 Å². The third kappa shape index (κ3) is 3.18. The molecule has 2 aromatic carbocycles. The van der Waals surface area contributed by atoms with Crippen LogP contribution in [0.1, 0.15) is 11.1 Å². The van der Waals surface area contributed by atoms with Crippen LogP contribution in [0.4, 0.5) is 5.69 Å². The Labute approximate surface area is 135 Å². The van der Waals surface area contributed by atoms with Crippen LogP contribution in [-0.4, -0.2) is 15.5 Å². The van der Waals surface area contributed by atoms with Gasteiger partial charge in [0.1, 0.15) is 0 Å². The van der Waals surface area contributed by atoms with Gasteiger partial charge in [-0.15, -0.1) is 0 Å². The number of hydrogen-bond donors (Lipinski definition) is 0. The van der Waals surface area contributed by atoms with Gasteiger partial charge >= 0.3 is 0 Å². The highest BCUT2D eigenvalue weighted by Gasteiger charge is 2.24. The molecule has 0 atom stereocenters. The molecule has 112 valence electrons. The van der Waals surface area contributed by atoms with E-state index in [0.29, 0.717) is 21.3 Å². The molecule has 0 aliphatic heterocycles. The quantitative estimate of drug-likeness (QED) is 0.826. The molecular weight excluding hydrogens is 329 g/mol. The molecule has 0 radical (unpaired) electrons. The van der Waals surface area contributed by atoms with E-state index in [4.69, 9.17) is 23.2 Å². The summed E-state index contributed by atoms with van der Waals surface area (Å²) in [4.78, 5) is 0.242. The number of benzene rings is 2. The minimum Gasteiger partial charge on any atom is -0.269 e. The van der Waals surface area contributed by atoms with Crippen LogP contribution in [-0.2, 0) is 10.0 Å². The first-order valence-corrected chi connectivity index (χ1v) is 8.44. The summed E-state index contributed by atoms with van der Waals surface area (Å²) in [7, 11) is -2.16. The van der Waals surface area contributed by atoms with Crippen molar-refractivity contribution in [1.82, 2.24) is 0 Å². The van der Waals surface area contributed by atoms with Gasteiger partial charge in [0.2, 0.25) is 0 Å². The summed E-state index contributed by atoms with van der Waals surface area (Å²) in [6.45, 7) is 3.50. The molecule has 0 aromatic heterocycles. The SMILES string of the molecule is Cc1cc(S(=O)(=O)N(C)c2cccc(Cl)c2)c(C)cc1Cl. The zero-order valence-corrected chi connectivity index (χ0v) is 14.2. The van der Waals surface area contributed by atoms with Gasteiger partial charge in [-0.1, -0.05) is 29.3 Å². The summed E-state index contributed by atoms with van der Waals surface area (Å²) in [6.07, 6.45) is 0. The first-order chi connectivity index (χ1) is 9.73. The maximum atomic E-state index is 12.8. The fraction of sp³-hybridized carbons (Fsp3) is 0.200. The van der Waals surface area contributed by atoms with Crippen LogP contribution in [0.3, 0.4) is 0 Å². The highest BCUT2D eigenvalue weighted by molar-refractivity contribution is 7.92. The standard InChI is InChI=1S/C15H15Cl2NO2S/c1-10-8-15(11(2)7-14(10)17)21(19,20)18(3)13-6-4-5-12(16)9-13/h4-9H,1-3H3. The lowest BCUT2D eigenvalue weighted by molar-refractivity contribution is 0.593. The van der Waals surface area contributed by atoms with Gasteiger partial charge in [-0.05, 0) is 55.3 Å². The molecule has 6 heteroatoms. The second-order valence-electron chi connectivity index (χ2n) is 4.82. The fourth-order valence-electron chi connectivity index (χ4n) is 1.99. The normalized spacial score (nSPS) is 11.5. The first kappa shape index (κ1) is 16.1. The van der Waals surface area contributed by atoms with Crippen molar-refractivity contribution in [3.63, 3.8) is 0 Å². The van der Waals surface area contributed by atoms with E-state index in [0.717, 1.165) is 5.56 Å². The minimum atomic E-state index is -3.66. The molecule has 0 amide bonds. The zero-order chi connectivity index (χ0) is 15.8. The molecule has 0 saturated heterocycles. The second-order valence-corrected chi connectivity index (χ2v) is 7.60. The largest absolute Gasteiger partial charge is 0.269 e. The van der Waals surface area contributed by atoms with Crippen LogP contribution in [0.5, 0.6) is 0 Å². The van der Waals surface area contributed by atoms with Crippen molar-refractivity contribution in [1.29, 1.82) is 0 Å². The topological polar surface area (TPSA) is 37.4 Å². The summed E-state index contributed by atoms with van der Waals surface area (Å²) in [5, 5.41) is 1.04. The van der Waals surface area contributed by atoms with Crippen LogP contribution in [0.15, 0.2) is 41.3 Å². The van der Waals surface area contributed by atoms with Gasteiger partial charge in [0, 0.05) is 17.1 Å². The van der Waals surface area contributed by atoms with E-state index in [2.05, 4.69) is 0 Å². The average Bonchev–Trinajstić information content (AvgIpc) is 2.41. The highest BCUT2D eigenvalue weighted by atomic mass is 35.5. The van der Waals surface area contributed by atoms with E-state index >= 15 is 0 Å². The summed E-state index contributed by atoms with van der Waals surface area (Å²) in [5.41, 5.74) is 1.84. The van der Waals surface area contributed by atoms with Crippen molar-refractivity contribution in [2.24, 2.45) is 0 Å². The Morgan fingerprint density at radius 2 is 1.67 bits per heavy atom. The summed E-state index contributed by atoms with van der Waals surface area (Å²) >= 11 is 12.0. The molecule has 0 aliphatic rings. The van der Waals surface area contributed by atoms with Gasteiger partial charge in [-0.25, -0.2) is 8.42 Å². The number of anilines is 1. The van der Waals surface area contributed by atoms with Gasteiger partial charge in [0.15, 0.2) is 0 Å². The lowest BCUT2D eigenvalue weighted by Gasteiger charge is -2.21. The number of halogens is 2. The van der Waals surface area contributed by atoms with E-state index in [1.807, 2.05) is 0 Å². The van der Waals surface area contributed by atoms with Crippen LogP contribution < -0.4 is 4.31 Å². The zero-order valence-electron chi connectivity index (χ0n) is 11.9. The molecule has 3 nitrogen and oxygen atoms in total. The molecule has 0 saturated carbocycles. The third-order valence-corrected chi connectivity index (χ3v) is 5.84. The maximum absolute atomic E-state index is 12.8. The molecule has 2 aromatic rings. The van der Waals surface area contributed by atoms with Crippen molar-refractivity contribution in [3.8, 4) is 0 Å². The molecule has 21 heavy (non-hydrogen) atoms. The van der Waals surface area contributed by atoms with Crippen LogP contribution in [0.25, 0.3) is 0 Å².